The van der Waals surface area contributed by atoms with Gasteiger partial charge in [-0.05, 0) is 18.3 Å². The maximum atomic E-state index is 5.33. The highest BCUT2D eigenvalue weighted by Gasteiger charge is 2.22. The topological polar surface area (TPSA) is 98.0 Å². The second-order valence-electron chi connectivity index (χ2n) is 5.34. The Morgan fingerprint density at radius 2 is 1.84 bits per heavy atom. The van der Waals surface area contributed by atoms with Gasteiger partial charge in [0.25, 0.3) is 0 Å². The Hall–Kier alpha value is -1.63. The lowest BCUT2D eigenvalue weighted by Crippen LogP contribution is -2.29. The molecule has 4 N–H and O–H groups in total. The molecule has 1 rings (SSSR count). The molecule has 1 aromatic rings. The van der Waals surface area contributed by atoms with Crippen LogP contribution in [0, 0.1) is 11.3 Å². The van der Waals surface area contributed by atoms with Crippen molar-refractivity contribution in [3.63, 3.8) is 0 Å². The Bertz CT molecular complexity index is 407. The van der Waals surface area contributed by atoms with E-state index < -0.39 is 0 Å². The standard InChI is InChI=1S/C12H24N6O/c1-6-19-11-16-9(15-10(17-11)18-13)14-7-12(4,5)8(2)3/h8H,6-7,13H2,1-5H3,(H2,14,15,16,17,18). The van der Waals surface area contributed by atoms with Crippen molar-refractivity contribution in [3.05, 3.63) is 0 Å². The Labute approximate surface area is 114 Å². The van der Waals surface area contributed by atoms with Crippen LogP contribution in [-0.4, -0.2) is 28.1 Å². The zero-order chi connectivity index (χ0) is 14.5. The SMILES string of the molecule is CCOc1nc(NN)nc(NCC(C)(C)C(C)C)n1. The molecule has 0 amide bonds. The molecule has 0 spiro atoms. The van der Waals surface area contributed by atoms with Crippen LogP contribution in [0.2, 0.25) is 0 Å². The van der Waals surface area contributed by atoms with Gasteiger partial charge in [0.15, 0.2) is 0 Å². The normalized spacial score (nSPS) is 11.5. The van der Waals surface area contributed by atoms with Crippen molar-refractivity contribution in [1.29, 1.82) is 0 Å². The molecule has 0 unspecified atom stereocenters. The number of nitrogen functional groups attached to an aromatic ring is 1. The van der Waals surface area contributed by atoms with Gasteiger partial charge in [-0.15, -0.1) is 0 Å². The van der Waals surface area contributed by atoms with E-state index in [4.69, 9.17) is 10.6 Å². The highest BCUT2D eigenvalue weighted by Crippen LogP contribution is 2.26. The van der Waals surface area contributed by atoms with E-state index in [0.717, 1.165) is 6.54 Å². The fourth-order valence-corrected chi connectivity index (χ4v) is 1.20. The van der Waals surface area contributed by atoms with E-state index in [1.54, 1.807) is 0 Å². The van der Waals surface area contributed by atoms with Gasteiger partial charge in [-0.2, -0.15) is 15.0 Å². The summed E-state index contributed by atoms with van der Waals surface area (Å²) in [6.45, 7) is 11.9. The molecule has 0 radical (unpaired) electrons. The molecular formula is C12H24N6O. The molecule has 0 saturated heterocycles. The molecule has 1 aromatic heterocycles. The van der Waals surface area contributed by atoms with Gasteiger partial charge in [-0.3, -0.25) is 5.43 Å². The van der Waals surface area contributed by atoms with E-state index in [1.807, 2.05) is 6.92 Å². The van der Waals surface area contributed by atoms with E-state index in [-0.39, 0.29) is 17.4 Å². The third kappa shape index (κ3) is 4.51. The minimum Gasteiger partial charge on any atom is -0.464 e. The first-order valence-electron chi connectivity index (χ1n) is 6.48. The average molecular weight is 268 g/mol. The average Bonchev–Trinajstić information content (AvgIpc) is 2.36. The zero-order valence-electron chi connectivity index (χ0n) is 12.3. The maximum absolute atomic E-state index is 5.33. The Morgan fingerprint density at radius 1 is 1.21 bits per heavy atom. The highest BCUT2D eigenvalue weighted by molar-refractivity contribution is 5.35. The molecule has 0 atom stereocenters. The lowest BCUT2D eigenvalue weighted by Gasteiger charge is -2.29. The number of ether oxygens (including phenoxy) is 1. The summed E-state index contributed by atoms with van der Waals surface area (Å²) >= 11 is 0. The Kier molecular flexibility index (Phi) is 5.29. The monoisotopic (exact) mass is 268 g/mol. The van der Waals surface area contributed by atoms with Crippen molar-refractivity contribution in [3.8, 4) is 6.01 Å². The number of nitrogens with two attached hydrogens (primary N) is 1. The highest BCUT2D eigenvalue weighted by atomic mass is 16.5. The van der Waals surface area contributed by atoms with Gasteiger partial charge < -0.3 is 10.1 Å². The third-order valence-electron chi connectivity index (χ3n) is 3.28. The van der Waals surface area contributed by atoms with Gasteiger partial charge in [0.05, 0.1) is 6.61 Å². The van der Waals surface area contributed by atoms with Crippen LogP contribution in [0.3, 0.4) is 0 Å². The zero-order valence-corrected chi connectivity index (χ0v) is 12.3. The number of rotatable bonds is 7. The fraction of sp³-hybridized carbons (Fsp3) is 0.750. The lowest BCUT2D eigenvalue weighted by atomic mass is 9.81. The van der Waals surface area contributed by atoms with Gasteiger partial charge in [0.1, 0.15) is 0 Å². The number of hydrazine groups is 1. The van der Waals surface area contributed by atoms with Crippen LogP contribution < -0.4 is 21.3 Å². The molecular weight excluding hydrogens is 244 g/mol. The largest absolute Gasteiger partial charge is 0.464 e. The summed E-state index contributed by atoms with van der Waals surface area (Å²) in [5, 5.41) is 3.20. The Balaban J connectivity index is 2.80. The lowest BCUT2D eigenvalue weighted by molar-refractivity contribution is 0.268. The first-order chi connectivity index (χ1) is 8.89. The second-order valence-corrected chi connectivity index (χ2v) is 5.34. The summed E-state index contributed by atoms with van der Waals surface area (Å²) in [5.41, 5.74) is 2.54. The van der Waals surface area contributed by atoms with Crippen LogP contribution in [0.25, 0.3) is 0 Å². The second kappa shape index (κ2) is 6.51. The first-order valence-corrected chi connectivity index (χ1v) is 6.48. The summed E-state index contributed by atoms with van der Waals surface area (Å²) in [6, 6.07) is 0.260. The van der Waals surface area contributed by atoms with Crippen LogP contribution in [0.5, 0.6) is 6.01 Å². The molecule has 108 valence electrons. The van der Waals surface area contributed by atoms with E-state index in [1.165, 1.54) is 0 Å². The molecule has 0 aliphatic carbocycles. The molecule has 7 nitrogen and oxygen atoms in total. The van der Waals surface area contributed by atoms with Crippen LogP contribution >= 0.6 is 0 Å². The van der Waals surface area contributed by atoms with Crippen molar-refractivity contribution in [2.75, 3.05) is 23.9 Å². The fourth-order valence-electron chi connectivity index (χ4n) is 1.20. The van der Waals surface area contributed by atoms with Crippen LogP contribution in [0.4, 0.5) is 11.9 Å². The number of hydrogen-bond acceptors (Lipinski definition) is 7. The number of anilines is 2. The minimum atomic E-state index is 0.134. The van der Waals surface area contributed by atoms with Gasteiger partial charge in [-0.1, -0.05) is 27.7 Å². The predicted octanol–water partition coefficient (Wildman–Crippen LogP) is 1.65. The predicted molar refractivity (Wildman–Crippen MR) is 75.9 cm³/mol. The van der Waals surface area contributed by atoms with E-state index in [0.29, 0.717) is 18.5 Å². The Morgan fingerprint density at radius 3 is 2.37 bits per heavy atom. The summed E-state index contributed by atoms with van der Waals surface area (Å²) in [5.74, 6) is 6.61. The van der Waals surface area contributed by atoms with Crippen molar-refractivity contribution in [2.24, 2.45) is 17.2 Å². The first kappa shape index (κ1) is 15.4. The summed E-state index contributed by atoms with van der Waals surface area (Å²) in [4.78, 5) is 12.3. The number of nitrogens with zero attached hydrogens (tertiary/aromatic N) is 3. The molecule has 0 aliphatic heterocycles. The number of hydrogen-bond donors (Lipinski definition) is 3. The molecule has 0 saturated carbocycles. The molecule has 0 fully saturated rings. The van der Waals surface area contributed by atoms with E-state index in [9.17, 15) is 0 Å². The summed E-state index contributed by atoms with van der Waals surface area (Å²) in [7, 11) is 0. The van der Waals surface area contributed by atoms with Crippen molar-refractivity contribution in [2.45, 2.75) is 34.6 Å². The van der Waals surface area contributed by atoms with Crippen molar-refractivity contribution in [1.82, 2.24) is 15.0 Å². The van der Waals surface area contributed by atoms with Crippen molar-refractivity contribution < 1.29 is 4.74 Å². The smallest absolute Gasteiger partial charge is 0.323 e. The van der Waals surface area contributed by atoms with Crippen molar-refractivity contribution >= 4 is 11.9 Å². The quantitative estimate of drug-likeness (QED) is 0.511. The van der Waals surface area contributed by atoms with Gasteiger partial charge in [0.2, 0.25) is 11.9 Å². The number of nitrogens with one attached hydrogen (secondary N) is 2. The van der Waals surface area contributed by atoms with Crippen LogP contribution in [0.1, 0.15) is 34.6 Å². The van der Waals surface area contributed by atoms with Gasteiger partial charge >= 0.3 is 6.01 Å². The minimum absolute atomic E-state index is 0.134. The number of aromatic nitrogens is 3. The molecule has 1 heterocycles. The molecule has 7 heteroatoms. The van der Waals surface area contributed by atoms with E-state index >= 15 is 0 Å². The summed E-state index contributed by atoms with van der Waals surface area (Å²) in [6.07, 6.45) is 0. The molecule has 19 heavy (non-hydrogen) atoms. The van der Waals surface area contributed by atoms with Crippen LogP contribution in [0.15, 0.2) is 0 Å². The molecule has 0 bridgehead atoms. The van der Waals surface area contributed by atoms with Crippen LogP contribution in [-0.2, 0) is 0 Å². The van der Waals surface area contributed by atoms with Gasteiger partial charge in [0, 0.05) is 6.54 Å². The maximum Gasteiger partial charge on any atom is 0.323 e. The van der Waals surface area contributed by atoms with Gasteiger partial charge in [-0.25, -0.2) is 5.84 Å². The summed E-state index contributed by atoms with van der Waals surface area (Å²) < 4.78 is 5.27. The molecule has 0 aliphatic rings. The third-order valence-corrected chi connectivity index (χ3v) is 3.28. The van der Waals surface area contributed by atoms with E-state index in [2.05, 4.69) is 53.4 Å². The molecule has 0 aromatic carbocycles.